The maximum Gasteiger partial charge on any atom is 0.357 e. The van der Waals surface area contributed by atoms with Crippen LogP contribution in [-0.2, 0) is 14.8 Å². The number of aliphatic hydroxyl groups is 1. The van der Waals surface area contributed by atoms with Gasteiger partial charge in [0.2, 0.25) is 10.0 Å². The molecule has 1 aromatic heterocycles. The summed E-state index contributed by atoms with van der Waals surface area (Å²) in [5.74, 6) is -1.42. The van der Waals surface area contributed by atoms with E-state index >= 15 is 0 Å². The summed E-state index contributed by atoms with van der Waals surface area (Å²) in [5, 5.41) is 23.9. The third kappa shape index (κ3) is 2.54. The van der Waals surface area contributed by atoms with E-state index in [2.05, 4.69) is 10.2 Å². The van der Waals surface area contributed by atoms with Gasteiger partial charge in [-0.3, -0.25) is 5.10 Å². The molecule has 2 rings (SSSR count). The smallest absolute Gasteiger partial charge is 0.357 e. The minimum absolute atomic E-state index is 0.0253. The summed E-state index contributed by atoms with van der Waals surface area (Å²) in [6.45, 7) is 1.35. The minimum atomic E-state index is -4.00. The number of morpholine rings is 1. The van der Waals surface area contributed by atoms with Gasteiger partial charge < -0.3 is 14.9 Å². The second kappa shape index (κ2) is 5.48. The Labute approximate surface area is 115 Å². The van der Waals surface area contributed by atoms with Crippen molar-refractivity contribution in [3.63, 3.8) is 0 Å². The number of aromatic carboxylic acids is 1. The molecule has 1 saturated heterocycles. The fraction of sp³-hybridized carbons (Fsp3) is 0.600. The lowest BCUT2D eigenvalue weighted by Gasteiger charge is -2.31. The second-order valence-corrected chi connectivity index (χ2v) is 6.24. The largest absolute Gasteiger partial charge is 0.476 e. The van der Waals surface area contributed by atoms with Crippen LogP contribution in [0.5, 0.6) is 0 Å². The number of carbonyl (C=O) groups is 1. The van der Waals surface area contributed by atoms with Crippen molar-refractivity contribution < 1.29 is 28.2 Å². The molecule has 1 aromatic rings. The number of aromatic amines is 1. The van der Waals surface area contributed by atoms with E-state index in [0.29, 0.717) is 0 Å². The van der Waals surface area contributed by atoms with Crippen LogP contribution in [0.2, 0.25) is 0 Å². The molecule has 112 valence electrons. The summed E-state index contributed by atoms with van der Waals surface area (Å²) >= 11 is 0. The molecule has 10 heteroatoms. The van der Waals surface area contributed by atoms with Crippen LogP contribution in [0.3, 0.4) is 0 Å². The van der Waals surface area contributed by atoms with Gasteiger partial charge >= 0.3 is 5.97 Å². The maximum atomic E-state index is 12.5. The van der Waals surface area contributed by atoms with Crippen LogP contribution in [0.1, 0.15) is 16.2 Å². The Morgan fingerprint density at radius 1 is 1.60 bits per heavy atom. The Bertz CT molecular complexity index is 611. The first-order chi connectivity index (χ1) is 9.37. The van der Waals surface area contributed by atoms with Gasteiger partial charge in [0.15, 0.2) is 5.69 Å². The molecule has 1 fully saturated rings. The summed E-state index contributed by atoms with van der Waals surface area (Å²) in [5.41, 5.74) is -0.371. The third-order valence-electron chi connectivity index (χ3n) is 3.00. The van der Waals surface area contributed by atoms with Gasteiger partial charge in [-0.2, -0.15) is 9.40 Å². The lowest BCUT2D eigenvalue weighted by Crippen LogP contribution is -2.47. The van der Waals surface area contributed by atoms with Crippen molar-refractivity contribution in [3.8, 4) is 0 Å². The quantitative estimate of drug-likeness (QED) is 0.636. The minimum Gasteiger partial charge on any atom is -0.476 e. The first-order valence-electron chi connectivity index (χ1n) is 5.88. The summed E-state index contributed by atoms with van der Waals surface area (Å²) in [6.07, 6.45) is -0.612. The molecular formula is C10H15N3O6S. The molecule has 3 N–H and O–H groups in total. The second-order valence-electron chi connectivity index (χ2n) is 4.37. The highest BCUT2D eigenvalue weighted by Crippen LogP contribution is 2.24. The zero-order valence-electron chi connectivity index (χ0n) is 10.7. The van der Waals surface area contributed by atoms with E-state index in [9.17, 15) is 13.2 Å². The Balaban J connectivity index is 2.40. The highest BCUT2D eigenvalue weighted by molar-refractivity contribution is 7.89. The summed E-state index contributed by atoms with van der Waals surface area (Å²) in [7, 11) is -4.00. The molecule has 0 spiro atoms. The standard InChI is InChI=1S/C10H15N3O6S/c1-6-9(8(10(15)16)12-11-6)20(17,18)13-2-3-19-7(4-13)5-14/h7,14H,2-5H2,1H3,(H,11,12)(H,15,16). The van der Waals surface area contributed by atoms with Crippen LogP contribution >= 0.6 is 0 Å². The van der Waals surface area contributed by atoms with Crippen LogP contribution in [0.25, 0.3) is 0 Å². The number of nitrogens with zero attached hydrogens (tertiary/aromatic N) is 2. The third-order valence-corrected chi connectivity index (χ3v) is 5.02. The summed E-state index contributed by atoms with van der Waals surface area (Å²) in [4.78, 5) is 10.7. The molecule has 0 aromatic carbocycles. The van der Waals surface area contributed by atoms with Gasteiger partial charge in [-0.05, 0) is 6.92 Å². The number of hydrogen-bond acceptors (Lipinski definition) is 6. The molecule has 0 amide bonds. The molecular weight excluding hydrogens is 290 g/mol. The van der Waals surface area contributed by atoms with Gasteiger partial charge in [0.1, 0.15) is 4.90 Å². The SMILES string of the molecule is Cc1[nH]nc(C(=O)O)c1S(=O)(=O)N1CCOC(CO)C1. The molecule has 2 heterocycles. The molecule has 0 bridgehead atoms. The van der Waals surface area contributed by atoms with E-state index in [-0.39, 0.29) is 36.9 Å². The Morgan fingerprint density at radius 2 is 2.30 bits per heavy atom. The number of aliphatic hydroxyl groups excluding tert-OH is 1. The Morgan fingerprint density at radius 3 is 2.90 bits per heavy atom. The molecule has 9 nitrogen and oxygen atoms in total. The fourth-order valence-corrected chi connectivity index (χ4v) is 3.78. The van der Waals surface area contributed by atoms with E-state index in [1.165, 1.54) is 6.92 Å². The normalized spacial score (nSPS) is 21.0. The van der Waals surface area contributed by atoms with Gasteiger partial charge in [0.05, 0.1) is 25.0 Å². The van der Waals surface area contributed by atoms with E-state index in [4.69, 9.17) is 14.9 Å². The molecule has 0 aliphatic carbocycles. The van der Waals surface area contributed by atoms with Crippen molar-refractivity contribution in [1.29, 1.82) is 0 Å². The summed E-state index contributed by atoms with van der Waals surface area (Å²) < 4.78 is 31.3. The average Bonchev–Trinajstić information content (AvgIpc) is 2.81. The van der Waals surface area contributed by atoms with E-state index < -0.39 is 27.8 Å². The van der Waals surface area contributed by atoms with Crippen molar-refractivity contribution in [2.24, 2.45) is 0 Å². The number of sulfonamides is 1. The van der Waals surface area contributed by atoms with Gasteiger partial charge in [0, 0.05) is 13.1 Å². The number of aryl methyl sites for hydroxylation is 1. The first-order valence-corrected chi connectivity index (χ1v) is 7.32. The lowest BCUT2D eigenvalue weighted by atomic mass is 10.3. The highest BCUT2D eigenvalue weighted by Gasteiger charge is 2.36. The fourth-order valence-electron chi connectivity index (χ4n) is 2.03. The molecule has 1 aliphatic heterocycles. The predicted octanol–water partition coefficient (Wildman–Crippen LogP) is -1.20. The molecule has 1 aliphatic rings. The average molecular weight is 305 g/mol. The van der Waals surface area contributed by atoms with Crippen LogP contribution in [0, 0.1) is 6.92 Å². The number of carboxylic acids is 1. The number of aromatic nitrogens is 2. The van der Waals surface area contributed by atoms with Crippen molar-refractivity contribution in [2.75, 3.05) is 26.3 Å². The monoisotopic (exact) mass is 305 g/mol. The van der Waals surface area contributed by atoms with Crippen molar-refractivity contribution in [3.05, 3.63) is 11.4 Å². The van der Waals surface area contributed by atoms with Gasteiger partial charge in [0.25, 0.3) is 0 Å². The number of carboxylic acid groups (broad SMARTS) is 1. The van der Waals surface area contributed by atoms with Crippen molar-refractivity contribution >= 4 is 16.0 Å². The van der Waals surface area contributed by atoms with Gasteiger partial charge in [-0.1, -0.05) is 0 Å². The van der Waals surface area contributed by atoms with E-state index in [1.807, 2.05) is 0 Å². The zero-order valence-corrected chi connectivity index (χ0v) is 11.6. The zero-order chi connectivity index (χ0) is 14.9. The van der Waals surface area contributed by atoms with Crippen LogP contribution in [-0.4, -0.2) is 71.5 Å². The Kier molecular flexibility index (Phi) is 4.09. The molecule has 1 atom stereocenters. The molecule has 0 radical (unpaired) electrons. The molecule has 20 heavy (non-hydrogen) atoms. The summed E-state index contributed by atoms with van der Waals surface area (Å²) in [6, 6.07) is 0. The number of ether oxygens (including phenoxy) is 1. The maximum absolute atomic E-state index is 12.5. The van der Waals surface area contributed by atoms with Crippen LogP contribution in [0.4, 0.5) is 0 Å². The molecule has 1 unspecified atom stereocenters. The Hall–Kier alpha value is -1.49. The van der Waals surface area contributed by atoms with Crippen molar-refractivity contribution in [1.82, 2.24) is 14.5 Å². The highest BCUT2D eigenvalue weighted by atomic mass is 32.2. The van der Waals surface area contributed by atoms with E-state index in [1.54, 1.807) is 0 Å². The van der Waals surface area contributed by atoms with Gasteiger partial charge in [-0.25, -0.2) is 13.2 Å². The number of nitrogens with one attached hydrogen (secondary N) is 1. The lowest BCUT2D eigenvalue weighted by molar-refractivity contribution is -0.0304. The van der Waals surface area contributed by atoms with Crippen LogP contribution < -0.4 is 0 Å². The first kappa shape index (κ1) is 14.9. The van der Waals surface area contributed by atoms with E-state index in [0.717, 1.165) is 4.31 Å². The number of H-pyrrole nitrogens is 1. The van der Waals surface area contributed by atoms with Crippen molar-refractivity contribution in [2.45, 2.75) is 17.9 Å². The number of hydrogen-bond donors (Lipinski definition) is 3. The topological polar surface area (TPSA) is 133 Å². The predicted molar refractivity (Wildman–Crippen MR) is 65.9 cm³/mol. The van der Waals surface area contributed by atoms with Gasteiger partial charge in [-0.15, -0.1) is 0 Å². The molecule has 0 saturated carbocycles. The number of rotatable bonds is 4. The van der Waals surface area contributed by atoms with Crippen LogP contribution in [0.15, 0.2) is 4.90 Å².